The third kappa shape index (κ3) is 4.68. The van der Waals surface area contributed by atoms with Gasteiger partial charge in [-0.1, -0.05) is 50.2 Å². The van der Waals surface area contributed by atoms with Crippen molar-refractivity contribution in [3.05, 3.63) is 65.5 Å². The third-order valence-corrected chi connectivity index (χ3v) is 7.73. The van der Waals surface area contributed by atoms with E-state index in [0.717, 1.165) is 11.0 Å². The number of carbonyl (C=O) groups excluding carboxylic acids is 3. The number of nitrogens with one attached hydrogen (secondary N) is 2. The number of para-hydroxylation sites is 2. The van der Waals surface area contributed by atoms with Gasteiger partial charge >= 0.3 is 0 Å². The number of aryl methyl sites for hydroxylation is 1. The van der Waals surface area contributed by atoms with E-state index in [1.54, 1.807) is 4.90 Å². The zero-order chi connectivity index (χ0) is 27.1. The normalized spacial score (nSPS) is 20.8. The summed E-state index contributed by atoms with van der Waals surface area (Å²) in [4.78, 5) is 48.4. The van der Waals surface area contributed by atoms with Crippen molar-refractivity contribution in [1.82, 2.24) is 25.1 Å². The Labute approximate surface area is 223 Å². The summed E-state index contributed by atoms with van der Waals surface area (Å²) in [7, 11) is 1.86. The highest BCUT2D eigenvalue weighted by Crippen LogP contribution is 2.35. The molecule has 0 radical (unpaired) electrons. The summed E-state index contributed by atoms with van der Waals surface area (Å²) < 4.78 is 1.87. The van der Waals surface area contributed by atoms with Gasteiger partial charge < -0.3 is 20.1 Å². The molecule has 3 unspecified atom stereocenters. The molecule has 200 valence electrons. The van der Waals surface area contributed by atoms with E-state index in [9.17, 15) is 14.4 Å². The van der Waals surface area contributed by atoms with Crippen LogP contribution in [-0.2, 0) is 34.3 Å². The largest absolute Gasteiger partial charge is 0.352 e. The second kappa shape index (κ2) is 10.2. The van der Waals surface area contributed by atoms with Gasteiger partial charge in [0.05, 0.1) is 11.0 Å². The van der Waals surface area contributed by atoms with Crippen molar-refractivity contribution in [1.29, 1.82) is 0 Å². The van der Waals surface area contributed by atoms with Gasteiger partial charge in [-0.05, 0) is 68.2 Å². The summed E-state index contributed by atoms with van der Waals surface area (Å²) in [6.07, 6.45) is 1.87. The first-order chi connectivity index (χ1) is 18.2. The molecule has 38 heavy (non-hydrogen) atoms. The van der Waals surface area contributed by atoms with Crippen LogP contribution < -0.4 is 10.6 Å². The number of rotatable bonds is 7. The van der Waals surface area contributed by atoms with E-state index in [0.29, 0.717) is 25.1 Å². The predicted octanol–water partition coefficient (Wildman–Crippen LogP) is 3.30. The smallest absolute Gasteiger partial charge is 0.250 e. The van der Waals surface area contributed by atoms with E-state index >= 15 is 0 Å². The summed E-state index contributed by atoms with van der Waals surface area (Å²) in [5, 5.41) is 6.07. The Morgan fingerprint density at radius 2 is 1.66 bits per heavy atom. The van der Waals surface area contributed by atoms with E-state index in [1.165, 1.54) is 11.1 Å². The lowest BCUT2D eigenvalue weighted by Gasteiger charge is -2.44. The summed E-state index contributed by atoms with van der Waals surface area (Å²) >= 11 is 0. The first-order valence-corrected chi connectivity index (χ1v) is 13.6. The average Bonchev–Trinajstić information content (AvgIpc) is 3.44. The Morgan fingerprint density at radius 1 is 1.03 bits per heavy atom. The van der Waals surface area contributed by atoms with E-state index in [2.05, 4.69) is 22.8 Å². The van der Waals surface area contributed by atoms with Crippen LogP contribution in [0.15, 0.2) is 48.5 Å². The molecule has 1 fully saturated rings. The fraction of sp³-hybridized carbons (Fsp3) is 0.467. The molecule has 1 aliphatic carbocycles. The van der Waals surface area contributed by atoms with Crippen LogP contribution in [0.3, 0.4) is 0 Å². The fourth-order valence-electron chi connectivity index (χ4n) is 6.01. The van der Waals surface area contributed by atoms with Crippen LogP contribution in [0.25, 0.3) is 11.0 Å². The van der Waals surface area contributed by atoms with Crippen LogP contribution in [0.1, 0.15) is 57.1 Å². The molecule has 5 rings (SSSR count). The molecule has 2 aliphatic rings. The van der Waals surface area contributed by atoms with Gasteiger partial charge in [0.2, 0.25) is 11.8 Å². The van der Waals surface area contributed by atoms with Crippen molar-refractivity contribution < 1.29 is 14.4 Å². The zero-order valence-corrected chi connectivity index (χ0v) is 22.8. The van der Waals surface area contributed by atoms with Gasteiger partial charge in [0, 0.05) is 13.1 Å². The molecule has 2 heterocycles. The number of piperazine rings is 1. The lowest BCUT2D eigenvalue weighted by molar-refractivity contribution is -0.158. The van der Waals surface area contributed by atoms with Gasteiger partial charge in [-0.15, -0.1) is 0 Å². The minimum Gasteiger partial charge on any atom is -0.352 e. The number of benzene rings is 2. The lowest BCUT2D eigenvalue weighted by Crippen LogP contribution is -2.67. The zero-order valence-electron chi connectivity index (χ0n) is 22.8. The number of nitrogens with zero attached hydrogens (tertiary/aromatic N) is 3. The molecule has 1 aromatic heterocycles. The molecule has 8 nitrogen and oxygen atoms in total. The molecule has 0 bridgehead atoms. The number of fused-ring (bicyclic) bond motifs is 2. The molecular formula is C30H37N5O3. The van der Waals surface area contributed by atoms with Crippen LogP contribution in [-0.4, -0.2) is 50.3 Å². The van der Waals surface area contributed by atoms with Crippen LogP contribution >= 0.6 is 0 Å². The van der Waals surface area contributed by atoms with Crippen LogP contribution in [0, 0.1) is 11.8 Å². The van der Waals surface area contributed by atoms with Crippen molar-refractivity contribution in [2.75, 3.05) is 0 Å². The quantitative estimate of drug-likeness (QED) is 0.505. The Hall–Kier alpha value is -3.68. The minimum atomic E-state index is -1.04. The molecule has 3 atom stereocenters. The number of imidazole rings is 1. The molecule has 0 spiro atoms. The topological polar surface area (TPSA) is 96.3 Å². The van der Waals surface area contributed by atoms with Gasteiger partial charge in [-0.3, -0.25) is 14.4 Å². The molecule has 3 amide bonds. The standard InChI is InChI=1S/C30H37N5O3/c1-17(2)14-24-28(36)33-25(21-15-19-10-6-7-11-20(19)16-21)30(38)35(24)26(29(37)31-18(3)4)27-32-22-12-8-9-13-23(22)34(27)5/h6-13,17-18,21,24-26H,14-16H2,1-5H3,(H,31,37)(H,33,36). The maximum absolute atomic E-state index is 14.4. The number of aromatic nitrogens is 2. The van der Waals surface area contributed by atoms with Crippen molar-refractivity contribution in [3.63, 3.8) is 0 Å². The van der Waals surface area contributed by atoms with Gasteiger partial charge in [0.1, 0.15) is 17.9 Å². The Balaban J connectivity index is 1.60. The molecule has 3 aromatic rings. The van der Waals surface area contributed by atoms with Crippen LogP contribution in [0.5, 0.6) is 0 Å². The number of carbonyl (C=O) groups is 3. The van der Waals surface area contributed by atoms with Crippen molar-refractivity contribution >= 4 is 28.8 Å². The molecule has 2 N–H and O–H groups in total. The van der Waals surface area contributed by atoms with Crippen molar-refractivity contribution in [2.24, 2.45) is 18.9 Å². The number of hydrogen-bond donors (Lipinski definition) is 2. The van der Waals surface area contributed by atoms with Crippen LogP contribution in [0.2, 0.25) is 0 Å². The molecule has 0 saturated carbocycles. The van der Waals surface area contributed by atoms with Crippen molar-refractivity contribution in [2.45, 2.75) is 71.1 Å². The Morgan fingerprint density at radius 3 is 2.26 bits per heavy atom. The summed E-state index contributed by atoms with van der Waals surface area (Å²) in [5.74, 6) is -0.231. The molecular weight excluding hydrogens is 478 g/mol. The average molecular weight is 516 g/mol. The van der Waals surface area contributed by atoms with Crippen molar-refractivity contribution in [3.8, 4) is 0 Å². The fourth-order valence-corrected chi connectivity index (χ4v) is 6.01. The van der Waals surface area contributed by atoms with Gasteiger partial charge in [0.15, 0.2) is 6.04 Å². The summed E-state index contributed by atoms with van der Waals surface area (Å²) in [5.41, 5.74) is 4.02. The highest BCUT2D eigenvalue weighted by atomic mass is 16.2. The van der Waals surface area contributed by atoms with Gasteiger partial charge in [-0.2, -0.15) is 0 Å². The number of hydrogen-bond acceptors (Lipinski definition) is 4. The van der Waals surface area contributed by atoms with E-state index in [4.69, 9.17) is 4.98 Å². The second-order valence-corrected chi connectivity index (χ2v) is 11.4. The van der Waals surface area contributed by atoms with Crippen LogP contribution in [0.4, 0.5) is 0 Å². The summed E-state index contributed by atoms with van der Waals surface area (Å²) in [6, 6.07) is 13.2. The van der Waals surface area contributed by atoms with Gasteiger partial charge in [0.25, 0.3) is 5.91 Å². The first kappa shape index (κ1) is 25.9. The van der Waals surface area contributed by atoms with E-state index < -0.39 is 18.1 Å². The monoisotopic (exact) mass is 515 g/mol. The molecule has 1 saturated heterocycles. The molecule has 1 aliphatic heterocycles. The molecule has 2 aromatic carbocycles. The molecule has 8 heteroatoms. The Bertz CT molecular complexity index is 1350. The maximum Gasteiger partial charge on any atom is 0.250 e. The van der Waals surface area contributed by atoms with E-state index in [-0.39, 0.29) is 35.6 Å². The Kier molecular flexibility index (Phi) is 6.99. The lowest BCUT2D eigenvalue weighted by atomic mass is 9.89. The highest BCUT2D eigenvalue weighted by Gasteiger charge is 2.50. The van der Waals surface area contributed by atoms with Gasteiger partial charge in [-0.25, -0.2) is 4.98 Å². The maximum atomic E-state index is 14.4. The first-order valence-electron chi connectivity index (χ1n) is 13.6. The third-order valence-electron chi connectivity index (χ3n) is 7.73. The second-order valence-electron chi connectivity index (χ2n) is 11.4. The minimum absolute atomic E-state index is 0.0689. The highest BCUT2D eigenvalue weighted by molar-refractivity contribution is 6.00. The SMILES string of the molecule is CC(C)CC1C(=O)NC(C2Cc3ccccc3C2)C(=O)N1C(C(=O)NC(C)C)c1nc2ccccc2n1C. The predicted molar refractivity (Wildman–Crippen MR) is 146 cm³/mol. The van der Waals surface area contributed by atoms with E-state index in [1.807, 2.05) is 75.7 Å². The number of amides is 3. The summed E-state index contributed by atoms with van der Waals surface area (Å²) in [6.45, 7) is 7.82.